The van der Waals surface area contributed by atoms with Gasteiger partial charge < -0.3 is 15.0 Å². The Labute approximate surface area is 249 Å². The van der Waals surface area contributed by atoms with Crippen LogP contribution in [0, 0.1) is 11.3 Å². The lowest BCUT2D eigenvalue weighted by Crippen LogP contribution is -2.50. The molecule has 1 fully saturated rings. The lowest BCUT2D eigenvalue weighted by atomic mass is 9.69. The first-order valence-electron chi connectivity index (χ1n) is 15.2. The van der Waals surface area contributed by atoms with Crippen molar-refractivity contribution in [3.63, 3.8) is 0 Å². The van der Waals surface area contributed by atoms with Crippen LogP contribution in [0.4, 0.5) is 0 Å². The molecule has 1 N–H and O–H groups in total. The van der Waals surface area contributed by atoms with Crippen LogP contribution in [-0.2, 0) is 20.7 Å². The molecule has 0 radical (unpaired) electrons. The van der Waals surface area contributed by atoms with E-state index in [0.29, 0.717) is 36.8 Å². The zero-order valence-electron chi connectivity index (χ0n) is 25.5. The smallest absolute Gasteiger partial charge is 0.275 e. The van der Waals surface area contributed by atoms with Crippen LogP contribution >= 0.6 is 0 Å². The summed E-state index contributed by atoms with van der Waals surface area (Å²) in [7, 11) is 0. The van der Waals surface area contributed by atoms with Gasteiger partial charge in [0.25, 0.3) is 11.8 Å². The van der Waals surface area contributed by atoms with E-state index in [1.165, 1.54) is 6.92 Å². The van der Waals surface area contributed by atoms with Gasteiger partial charge in [-0.1, -0.05) is 45.0 Å². The molecule has 1 spiro atoms. The van der Waals surface area contributed by atoms with E-state index in [1.54, 1.807) is 18.4 Å². The molecule has 1 aliphatic carbocycles. The molecule has 1 atom stereocenters. The van der Waals surface area contributed by atoms with Crippen LogP contribution in [0.25, 0.3) is 6.08 Å². The predicted octanol–water partition coefficient (Wildman–Crippen LogP) is 6.26. The number of aliphatic imine (C=N–C) groups is 1. The number of fused-ring (bicyclic) bond motifs is 1. The maximum atomic E-state index is 14.3. The molecule has 1 unspecified atom stereocenters. The van der Waals surface area contributed by atoms with Crippen molar-refractivity contribution in [2.75, 3.05) is 13.2 Å². The van der Waals surface area contributed by atoms with Gasteiger partial charge in [0.2, 0.25) is 0 Å². The molecule has 2 aromatic rings. The number of carbonyl (C=O) groups is 3. The number of nitrogens with one attached hydrogen (secondary N) is 1. The highest BCUT2D eigenvalue weighted by atomic mass is 16.5. The van der Waals surface area contributed by atoms with Crippen molar-refractivity contribution in [3.05, 3.63) is 76.5 Å². The highest BCUT2D eigenvalue weighted by Crippen LogP contribution is 2.49. The monoisotopic (exact) mass is 569 g/mol. The first-order valence-corrected chi connectivity index (χ1v) is 15.2. The molecular formula is C35H43N3O4. The summed E-state index contributed by atoms with van der Waals surface area (Å²) in [5.74, 6) is 0.370. The number of Topliss-reactive ketones (excluding diaryl/α,β-unsaturated/α-hetero) is 1. The molecule has 2 heterocycles. The molecule has 0 bridgehead atoms. The van der Waals surface area contributed by atoms with E-state index in [2.05, 4.69) is 45.1 Å². The van der Waals surface area contributed by atoms with E-state index in [0.717, 1.165) is 54.4 Å². The SMILES string of the molecule is CC(=O)CCNC(=O)c1ccc(C(C)N2C(=O)C(c3ccc4c(c3)CCOC=C4)=NC23CCC(C(C)(C)C)CC3)cc1. The molecular weight excluding hydrogens is 526 g/mol. The van der Waals surface area contributed by atoms with Gasteiger partial charge in [-0.25, -0.2) is 0 Å². The minimum absolute atomic E-state index is 0.0388. The number of hydrogen-bond acceptors (Lipinski definition) is 5. The summed E-state index contributed by atoms with van der Waals surface area (Å²) in [6.07, 6.45) is 8.49. The Bertz CT molecular complexity index is 1410. The molecule has 7 nitrogen and oxygen atoms in total. The predicted molar refractivity (Wildman–Crippen MR) is 165 cm³/mol. The van der Waals surface area contributed by atoms with E-state index in [-0.39, 0.29) is 29.1 Å². The van der Waals surface area contributed by atoms with E-state index in [9.17, 15) is 14.4 Å². The van der Waals surface area contributed by atoms with E-state index in [1.807, 2.05) is 29.2 Å². The van der Waals surface area contributed by atoms with Crippen LogP contribution in [0.3, 0.4) is 0 Å². The minimum Gasteiger partial charge on any atom is -0.501 e. The normalized spacial score (nSPS) is 22.7. The maximum Gasteiger partial charge on any atom is 0.275 e. The number of nitrogens with zero attached hydrogens (tertiary/aromatic N) is 2. The molecule has 2 aliphatic heterocycles. The van der Waals surface area contributed by atoms with Crippen molar-refractivity contribution in [3.8, 4) is 0 Å². The zero-order valence-corrected chi connectivity index (χ0v) is 25.5. The van der Waals surface area contributed by atoms with Crippen LogP contribution < -0.4 is 5.32 Å². The Morgan fingerprint density at radius 3 is 2.50 bits per heavy atom. The van der Waals surface area contributed by atoms with Crippen LogP contribution in [0.5, 0.6) is 0 Å². The third kappa shape index (κ3) is 6.06. The van der Waals surface area contributed by atoms with Crippen molar-refractivity contribution in [2.45, 2.75) is 84.8 Å². The largest absolute Gasteiger partial charge is 0.501 e. The summed E-state index contributed by atoms with van der Waals surface area (Å²) >= 11 is 0. The summed E-state index contributed by atoms with van der Waals surface area (Å²) < 4.78 is 5.52. The molecule has 5 rings (SSSR count). The average Bonchev–Trinajstić information content (AvgIpc) is 3.08. The Kier molecular flexibility index (Phi) is 8.40. The van der Waals surface area contributed by atoms with Crippen molar-refractivity contribution >= 4 is 29.4 Å². The second kappa shape index (κ2) is 11.9. The molecule has 3 aliphatic rings. The topological polar surface area (TPSA) is 88.1 Å². The van der Waals surface area contributed by atoms with Gasteiger partial charge in [0.15, 0.2) is 0 Å². The number of amides is 2. The van der Waals surface area contributed by atoms with Crippen molar-refractivity contribution in [1.82, 2.24) is 10.2 Å². The third-order valence-electron chi connectivity index (χ3n) is 9.26. The van der Waals surface area contributed by atoms with Gasteiger partial charge in [0.1, 0.15) is 17.2 Å². The Morgan fingerprint density at radius 2 is 1.83 bits per heavy atom. The summed E-state index contributed by atoms with van der Waals surface area (Å²) in [5, 5.41) is 2.80. The fourth-order valence-electron chi connectivity index (χ4n) is 6.64. The van der Waals surface area contributed by atoms with Crippen LogP contribution in [0.15, 0.2) is 53.7 Å². The summed E-state index contributed by atoms with van der Waals surface area (Å²) in [5.41, 5.74) is 4.77. The first-order chi connectivity index (χ1) is 20.0. The molecule has 2 amide bonds. The van der Waals surface area contributed by atoms with Crippen molar-refractivity contribution < 1.29 is 19.1 Å². The third-order valence-corrected chi connectivity index (χ3v) is 9.26. The lowest BCUT2D eigenvalue weighted by molar-refractivity contribution is -0.133. The van der Waals surface area contributed by atoms with E-state index in [4.69, 9.17) is 9.73 Å². The molecule has 0 aromatic heterocycles. The molecule has 42 heavy (non-hydrogen) atoms. The quantitative estimate of drug-likeness (QED) is 0.426. The zero-order chi connectivity index (χ0) is 30.1. The highest BCUT2D eigenvalue weighted by molar-refractivity contribution is 6.46. The number of rotatable bonds is 7. The Balaban J connectivity index is 1.43. The number of carbonyl (C=O) groups excluding carboxylic acids is 3. The van der Waals surface area contributed by atoms with Crippen LogP contribution in [0.1, 0.15) is 105 Å². The first kappa shape index (κ1) is 29.7. The van der Waals surface area contributed by atoms with Gasteiger partial charge in [0, 0.05) is 30.5 Å². The maximum absolute atomic E-state index is 14.3. The standard InChI is InChI=1S/C35H43N3O4/c1-23(39)14-19-36-32(40)27-9-6-25(7-10-27)24(2)38-33(41)31(29-11-8-26-15-20-42-21-16-28(26)22-29)37-35(38)17-12-30(13-18-35)34(3,4)5/h6-11,15,20,22,24,30H,12-14,16-19,21H2,1-5H3,(H,36,40). The number of hydrogen-bond donors (Lipinski definition) is 1. The second-order valence-electron chi connectivity index (χ2n) is 13.1. The lowest BCUT2D eigenvalue weighted by Gasteiger charge is -2.46. The molecule has 1 saturated carbocycles. The van der Waals surface area contributed by atoms with Gasteiger partial charge >= 0.3 is 0 Å². The molecule has 2 aromatic carbocycles. The molecule has 222 valence electrons. The van der Waals surface area contributed by atoms with Crippen molar-refractivity contribution in [1.29, 1.82) is 0 Å². The van der Waals surface area contributed by atoms with Gasteiger partial charge in [-0.15, -0.1) is 0 Å². The van der Waals surface area contributed by atoms with E-state index >= 15 is 0 Å². The van der Waals surface area contributed by atoms with Crippen molar-refractivity contribution in [2.24, 2.45) is 16.3 Å². The average molecular weight is 570 g/mol. The number of benzene rings is 2. The van der Waals surface area contributed by atoms with Gasteiger partial charge in [-0.2, -0.15) is 0 Å². The minimum atomic E-state index is -0.591. The van der Waals surface area contributed by atoms with Gasteiger partial charge in [-0.3, -0.25) is 19.4 Å². The molecule has 7 heteroatoms. The van der Waals surface area contributed by atoms with E-state index < -0.39 is 5.66 Å². The van der Waals surface area contributed by atoms with Gasteiger partial charge in [0.05, 0.1) is 18.9 Å². The molecule has 0 saturated heterocycles. The van der Waals surface area contributed by atoms with Crippen LogP contribution in [-0.4, -0.2) is 47.0 Å². The highest BCUT2D eigenvalue weighted by Gasteiger charge is 2.52. The fraction of sp³-hybridized carbons (Fsp3) is 0.486. The summed E-state index contributed by atoms with van der Waals surface area (Å²) in [4.78, 5) is 45.4. The van der Waals surface area contributed by atoms with Gasteiger partial charge in [-0.05, 0) is 91.8 Å². The number of ether oxygens (including phenoxy) is 1. The van der Waals surface area contributed by atoms with Crippen LogP contribution in [0.2, 0.25) is 0 Å². The fourth-order valence-corrected chi connectivity index (χ4v) is 6.64. The Morgan fingerprint density at radius 1 is 1.12 bits per heavy atom. The number of ketones is 1. The second-order valence-corrected chi connectivity index (χ2v) is 13.1. The summed E-state index contributed by atoms with van der Waals surface area (Å²) in [6, 6.07) is 13.4. The Hall–Kier alpha value is -3.74. The summed E-state index contributed by atoms with van der Waals surface area (Å²) in [6.45, 7) is 11.4.